The van der Waals surface area contributed by atoms with Crippen molar-refractivity contribution in [3.05, 3.63) is 24.3 Å². The van der Waals surface area contributed by atoms with Gasteiger partial charge in [0.2, 0.25) is 5.91 Å². The molecule has 6 heteroatoms. The molecule has 23 heavy (non-hydrogen) atoms. The minimum absolute atomic E-state index is 0.0490. The van der Waals surface area contributed by atoms with Crippen LogP contribution in [-0.4, -0.2) is 29.4 Å². The molecule has 1 aliphatic heterocycles. The Morgan fingerprint density at radius 1 is 1.35 bits per heavy atom. The fraction of sp³-hybridized carbons (Fsp3) is 0.529. The monoisotopic (exact) mass is 379 g/mol. The van der Waals surface area contributed by atoms with Gasteiger partial charge in [-0.05, 0) is 43.5 Å². The molecule has 0 spiro atoms. The standard InChI is InChI=1S/C17H18BrNO4/c1-2-22-9-5-3-8(4-6-9)19-16(20)12-10-7-11-13(12)17(21)23-15(11)14(10)18/h3-6,10-15H,2,7H2,1H3,(H,19,20)/t10-,11-,12-,13+,14-,15+/m1/s1. The second-order valence-corrected chi connectivity index (χ2v) is 7.46. The van der Waals surface area contributed by atoms with Crippen molar-refractivity contribution in [3.63, 3.8) is 0 Å². The zero-order valence-electron chi connectivity index (χ0n) is 12.7. The summed E-state index contributed by atoms with van der Waals surface area (Å²) in [5.41, 5.74) is 0.718. The highest BCUT2D eigenvalue weighted by molar-refractivity contribution is 9.09. The van der Waals surface area contributed by atoms with Crippen LogP contribution < -0.4 is 10.1 Å². The van der Waals surface area contributed by atoms with E-state index in [1.807, 2.05) is 31.2 Å². The van der Waals surface area contributed by atoms with Gasteiger partial charge < -0.3 is 14.8 Å². The molecule has 2 aliphatic carbocycles. The third kappa shape index (κ3) is 2.26. The maximum Gasteiger partial charge on any atom is 0.310 e. The van der Waals surface area contributed by atoms with E-state index < -0.39 is 0 Å². The number of hydrogen-bond acceptors (Lipinski definition) is 4. The van der Waals surface area contributed by atoms with Crippen LogP contribution in [0.5, 0.6) is 5.75 Å². The molecule has 2 saturated carbocycles. The van der Waals surface area contributed by atoms with Crippen LogP contribution in [0.1, 0.15) is 13.3 Å². The summed E-state index contributed by atoms with van der Waals surface area (Å²) in [6.45, 7) is 2.53. The van der Waals surface area contributed by atoms with Crippen LogP contribution in [0.2, 0.25) is 0 Å². The van der Waals surface area contributed by atoms with Gasteiger partial charge in [0, 0.05) is 11.6 Å². The van der Waals surface area contributed by atoms with Crippen LogP contribution in [0.15, 0.2) is 24.3 Å². The maximum absolute atomic E-state index is 12.7. The summed E-state index contributed by atoms with van der Waals surface area (Å²) in [4.78, 5) is 24.9. The van der Waals surface area contributed by atoms with E-state index in [4.69, 9.17) is 9.47 Å². The van der Waals surface area contributed by atoms with E-state index in [9.17, 15) is 9.59 Å². The van der Waals surface area contributed by atoms with E-state index in [1.165, 1.54) is 0 Å². The van der Waals surface area contributed by atoms with Crippen molar-refractivity contribution in [3.8, 4) is 5.75 Å². The predicted octanol–water partition coefficient (Wildman–Crippen LogP) is 2.59. The minimum atomic E-state index is -0.304. The molecule has 2 bridgehead atoms. The number of hydrogen-bond donors (Lipinski definition) is 1. The van der Waals surface area contributed by atoms with Gasteiger partial charge in [-0.3, -0.25) is 9.59 Å². The van der Waals surface area contributed by atoms with E-state index in [0.717, 1.165) is 17.9 Å². The second kappa shape index (κ2) is 5.51. The lowest BCUT2D eigenvalue weighted by Crippen LogP contribution is -2.40. The van der Waals surface area contributed by atoms with Gasteiger partial charge in [-0.25, -0.2) is 0 Å². The number of fused-ring (bicyclic) bond motifs is 1. The Morgan fingerprint density at radius 2 is 2.09 bits per heavy atom. The number of esters is 1. The summed E-state index contributed by atoms with van der Waals surface area (Å²) in [5, 5.41) is 2.94. The topological polar surface area (TPSA) is 64.6 Å². The van der Waals surface area contributed by atoms with Gasteiger partial charge in [0.25, 0.3) is 0 Å². The molecule has 5 nitrogen and oxygen atoms in total. The van der Waals surface area contributed by atoms with Crippen molar-refractivity contribution in [2.24, 2.45) is 23.7 Å². The van der Waals surface area contributed by atoms with E-state index >= 15 is 0 Å². The average Bonchev–Trinajstić information content (AvgIpc) is 3.13. The maximum atomic E-state index is 12.7. The number of carbonyl (C=O) groups excluding carboxylic acids is 2. The first-order chi connectivity index (χ1) is 11.1. The van der Waals surface area contributed by atoms with Crippen LogP contribution in [-0.2, 0) is 14.3 Å². The summed E-state index contributed by atoms with van der Waals surface area (Å²) in [5.74, 6) is 0.249. The Bertz CT molecular complexity index is 646. The number of halogens is 1. The van der Waals surface area contributed by atoms with Crippen LogP contribution >= 0.6 is 15.9 Å². The molecule has 1 N–H and O–H groups in total. The molecule has 1 saturated heterocycles. The van der Waals surface area contributed by atoms with Gasteiger partial charge >= 0.3 is 5.97 Å². The number of ether oxygens (including phenoxy) is 2. The SMILES string of the molecule is CCOc1ccc(NC(=O)[C@@H]2[C@H]3C[C@H]4[C@H](OC(=O)[C@@H]42)[C@@H]3Br)cc1. The lowest BCUT2D eigenvalue weighted by atomic mass is 9.79. The van der Waals surface area contributed by atoms with Gasteiger partial charge in [-0.15, -0.1) is 0 Å². The van der Waals surface area contributed by atoms with Crippen LogP contribution in [0.3, 0.4) is 0 Å². The summed E-state index contributed by atoms with van der Waals surface area (Å²) in [7, 11) is 0. The second-order valence-electron chi connectivity index (χ2n) is 6.41. The molecule has 6 atom stereocenters. The zero-order chi connectivity index (χ0) is 16.1. The quantitative estimate of drug-likeness (QED) is 0.644. The van der Waals surface area contributed by atoms with Crippen molar-refractivity contribution < 1.29 is 19.1 Å². The van der Waals surface area contributed by atoms with Crippen molar-refractivity contribution in [2.45, 2.75) is 24.3 Å². The third-order valence-electron chi connectivity index (χ3n) is 5.26. The largest absolute Gasteiger partial charge is 0.494 e. The van der Waals surface area contributed by atoms with Gasteiger partial charge in [0.05, 0.1) is 23.3 Å². The molecular formula is C17H18BrNO4. The Morgan fingerprint density at radius 3 is 2.78 bits per heavy atom. The predicted molar refractivity (Wildman–Crippen MR) is 87.4 cm³/mol. The van der Waals surface area contributed by atoms with Crippen molar-refractivity contribution in [2.75, 3.05) is 11.9 Å². The van der Waals surface area contributed by atoms with Crippen LogP contribution in [0, 0.1) is 23.7 Å². The normalized spacial score (nSPS) is 36.9. The molecule has 0 aromatic heterocycles. The molecule has 3 aliphatic rings. The molecule has 122 valence electrons. The molecule has 0 unspecified atom stereocenters. The number of alkyl halides is 1. The van der Waals surface area contributed by atoms with Gasteiger partial charge in [0.15, 0.2) is 0 Å². The molecule has 4 rings (SSSR count). The minimum Gasteiger partial charge on any atom is -0.494 e. The van der Waals surface area contributed by atoms with Crippen molar-refractivity contribution in [1.82, 2.24) is 0 Å². The molecule has 1 amide bonds. The summed E-state index contributed by atoms with van der Waals surface area (Å²) in [6, 6.07) is 7.29. The number of rotatable bonds is 4. The Kier molecular flexibility index (Phi) is 3.59. The lowest BCUT2D eigenvalue weighted by molar-refractivity contribution is -0.145. The molecule has 0 radical (unpaired) electrons. The molecule has 1 aromatic carbocycles. The van der Waals surface area contributed by atoms with Gasteiger partial charge in [-0.1, -0.05) is 15.9 Å². The first kappa shape index (κ1) is 15.0. The van der Waals surface area contributed by atoms with Crippen LogP contribution in [0.4, 0.5) is 5.69 Å². The fourth-order valence-corrected chi connectivity index (χ4v) is 5.40. The number of amides is 1. The highest BCUT2D eigenvalue weighted by atomic mass is 79.9. The van der Waals surface area contributed by atoms with Crippen LogP contribution in [0.25, 0.3) is 0 Å². The smallest absolute Gasteiger partial charge is 0.310 e. The van der Waals surface area contributed by atoms with Crippen molar-refractivity contribution in [1.29, 1.82) is 0 Å². The number of benzene rings is 1. The van der Waals surface area contributed by atoms with Gasteiger partial charge in [0.1, 0.15) is 11.9 Å². The highest BCUT2D eigenvalue weighted by Gasteiger charge is 2.67. The number of carbonyl (C=O) groups is 2. The number of anilines is 1. The molecule has 1 aromatic rings. The average molecular weight is 380 g/mol. The van der Waals surface area contributed by atoms with Crippen molar-refractivity contribution >= 4 is 33.5 Å². The molecule has 1 heterocycles. The first-order valence-corrected chi connectivity index (χ1v) is 8.90. The summed E-state index contributed by atoms with van der Waals surface area (Å²) >= 11 is 3.62. The van der Waals surface area contributed by atoms with E-state index in [0.29, 0.717) is 6.61 Å². The molecular weight excluding hydrogens is 362 g/mol. The number of nitrogens with one attached hydrogen (secondary N) is 1. The highest BCUT2D eigenvalue weighted by Crippen LogP contribution is 2.60. The van der Waals surface area contributed by atoms with Gasteiger partial charge in [-0.2, -0.15) is 0 Å². The fourth-order valence-electron chi connectivity index (χ4n) is 4.36. The van der Waals surface area contributed by atoms with E-state index in [1.54, 1.807) is 0 Å². The zero-order valence-corrected chi connectivity index (χ0v) is 14.3. The van der Waals surface area contributed by atoms with E-state index in [-0.39, 0.29) is 46.5 Å². The Labute approximate surface area is 142 Å². The van der Waals surface area contributed by atoms with E-state index in [2.05, 4.69) is 21.2 Å². The summed E-state index contributed by atoms with van der Waals surface area (Å²) in [6.07, 6.45) is 0.838. The summed E-state index contributed by atoms with van der Waals surface area (Å²) < 4.78 is 10.8. The Balaban J connectivity index is 1.50. The molecule has 3 fully saturated rings. The lowest BCUT2D eigenvalue weighted by Gasteiger charge is -2.27. The Hall–Kier alpha value is -1.56. The third-order valence-corrected chi connectivity index (χ3v) is 6.46. The first-order valence-electron chi connectivity index (χ1n) is 7.98.